The molecule has 28 heavy (non-hydrogen) atoms. The summed E-state index contributed by atoms with van der Waals surface area (Å²) in [6.07, 6.45) is 4.86. The van der Waals surface area contributed by atoms with Gasteiger partial charge in [-0.3, -0.25) is 4.79 Å². The number of carbonyl (C=O) groups is 1. The minimum atomic E-state index is -0.232. The van der Waals surface area contributed by atoms with E-state index in [4.69, 9.17) is 10.2 Å². The largest absolute Gasteiger partial charge is 0.422 e. The number of piperidine rings is 1. The van der Waals surface area contributed by atoms with Crippen LogP contribution in [0.3, 0.4) is 0 Å². The number of oxazole rings is 1. The van der Waals surface area contributed by atoms with E-state index in [1.807, 2.05) is 42.2 Å². The van der Waals surface area contributed by atoms with E-state index in [-0.39, 0.29) is 11.8 Å². The van der Waals surface area contributed by atoms with Gasteiger partial charge in [-0.25, -0.2) is 15.0 Å². The van der Waals surface area contributed by atoms with Crippen LogP contribution in [-0.2, 0) is 4.79 Å². The molecule has 0 spiro atoms. The standard InChI is InChI=1S/C20H22N6O2/c1-13-5-8-22-18(11-13)25-17-4-2-3-15(24-17)16-12-23-20(28-16)26-9-6-14(7-10-26)19(21)27/h2-5,8,11-12,14H,6-7,9-10H2,1H3,(H2,21,27)(H,22,24,25). The van der Waals surface area contributed by atoms with Gasteiger partial charge >= 0.3 is 0 Å². The van der Waals surface area contributed by atoms with Crippen molar-refractivity contribution < 1.29 is 9.21 Å². The first-order chi connectivity index (χ1) is 13.6. The van der Waals surface area contributed by atoms with E-state index in [0.717, 1.165) is 11.4 Å². The van der Waals surface area contributed by atoms with Crippen molar-refractivity contribution >= 4 is 23.6 Å². The first-order valence-electron chi connectivity index (χ1n) is 9.26. The molecule has 1 saturated heterocycles. The molecule has 1 aliphatic heterocycles. The van der Waals surface area contributed by atoms with Crippen LogP contribution >= 0.6 is 0 Å². The zero-order valence-electron chi connectivity index (χ0n) is 15.6. The minimum absolute atomic E-state index is 0.0645. The third-order valence-electron chi connectivity index (χ3n) is 4.83. The van der Waals surface area contributed by atoms with E-state index >= 15 is 0 Å². The molecular formula is C20H22N6O2. The summed E-state index contributed by atoms with van der Waals surface area (Å²) >= 11 is 0. The topological polar surface area (TPSA) is 110 Å². The minimum Gasteiger partial charge on any atom is -0.422 e. The van der Waals surface area contributed by atoms with Crippen molar-refractivity contribution in [2.24, 2.45) is 11.7 Å². The van der Waals surface area contributed by atoms with E-state index in [0.29, 0.717) is 49.2 Å². The molecule has 4 rings (SSSR count). The van der Waals surface area contributed by atoms with Crippen LogP contribution in [0.25, 0.3) is 11.5 Å². The molecule has 3 N–H and O–H groups in total. The number of hydrogen-bond donors (Lipinski definition) is 2. The van der Waals surface area contributed by atoms with Gasteiger partial charge in [-0.2, -0.15) is 0 Å². The maximum absolute atomic E-state index is 11.3. The Morgan fingerprint density at radius 2 is 2.04 bits per heavy atom. The van der Waals surface area contributed by atoms with Gasteiger partial charge in [-0.15, -0.1) is 0 Å². The zero-order chi connectivity index (χ0) is 19.5. The summed E-state index contributed by atoms with van der Waals surface area (Å²) in [7, 11) is 0. The van der Waals surface area contributed by atoms with Crippen molar-refractivity contribution in [3.8, 4) is 11.5 Å². The molecule has 3 aromatic heterocycles. The molecule has 0 saturated carbocycles. The summed E-state index contributed by atoms with van der Waals surface area (Å²) < 4.78 is 5.92. The maximum atomic E-state index is 11.3. The molecule has 8 heteroatoms. The Bertz CT molecular complexity index is 978. The van der Waals surface area contributed by atoms with Gasteiger partial charge in [0.15, 0.2) is 5.76 Å². The predicted molar refractivity (Wildman–Crippen MR) is 106 cm³/mol. The zero-order valence-corrected chi connectivity index (χ0v) is 15.6. The lowest BCUT2D eigenvalue weighted by Crippen LogP contribution is -2.38. The average molecular weight is 378 g/mol. The van der Waals surface area contributed by atoms with Crippen LogP contribution in [0.4, 0.5) is 17.7 Å². The summed E-state index contributed by atoms with van der Waals surface area (Å²) in [6, 6.07) is 10.1. The second-order valence-electron chi connectivity index (χ2n) is 6.92. The molecule has 1 fully saturated rings. The highest BCUT2D eigenvalue weighted by Crippen LogP contribution is 2.27. The summed E-state index contributed by atoms with van der Waals surface area (Å²) in [6.45, 7) is 3.40. The first-order valence-corrected chi connectivity index (χ1v) is 9.26. The Morgan fingerprint density at radius 3 is 2.79 bits per heavy atom. The van der Waals surface area contributed by atoms with E-state index in [2.05, 4.69) is 20.3 Å². The number of pyridine rings is 2. The van der Waals surface area contributed by atoms with Gasteiger partial charge in [0.25, 0.3) is 6.01 Å². The molecule has 0 radical (unpaired) electrons. The molecule has 3 aromatic rings. The highest BCUT2D eigenvalue weighted by atomic mass is 16.4. The summed E-state index contributed by atoms with van der Waals surface area (Å²) in [5.41, 5.74) is 7.20. The van der Waals surface area contributed by atoms with Gasteiger partial charge in [-0.1, -0.05) is 6.07 Å². The van der Waals surface area contributed by atoms with Gasteiger partial charge < -0.3 is 20.4 Å². The van der Waals surface area contributed by atoms with Gasteiger partial charge in [0.05, 0.1) is 6.20 Å². The van der Waals surface area contributed by atoms with Crippen LogP contribution < -0.4 is 16.0 Å². The number of carbonyl (C=O) groups excluding carboxylic acids is 1. The molecule has 0 aromatic carbocycles. The molecule has 0 bridgehead atoms. The molecule has 1 amide bonds. The van der Waals surface area contributed by atoms with E-state index in [9.17, 15) is 4.79 Å². The number of hydrogen-bond acceptors (Lipinski definition) is 7. The number of nitrogens with zero attached hydrogens (tertiary/aromatic N) is 4. The second kappa shape index (κ2) is 7.67. The fraction of sp³-hybridized carbons (Fsp3) is 0.300. The van der Waals surface area contributed by atoms with Gasteiger partial charge in [-0.05, 0) is 49.6 Å². The Balaban J connectivity index is 1.47. The lowest BCUT2D eigenvalue weighted by atomic mass is 9.97. The molecular weight excluding hydrogens is 356 g/mol. The quantitative estimate of drug-likeness (QED) is 0.702. The molecule has 1 aliphatic rings. The maximum Gasteiger partial charge on any atom is 0.297 e. The summed E-state index contributed by atoms with van der Waals surface area (Å²) in [5, 5.41) is 3.20. The van der Waals surface area contributed by atoms with Gasteiger partial charge in [0, 0.05) is 25.2 Å². The van der Waals surface area contributed by atoms with Crippen molar-refractivity contribution in [3.05, 3.63) is 48.3 Å². The number of nitrogens with two attached hydrogens (primary N) is 1. The van der Waals surface area contributed by atoms with Crippen molar-refractivity contribution in [1.82, 2.24) is 15.0 Å². The third kappa shape index (κ3) is 3.95. The monoisotopic (exact) mass is 378 g/mol. The summed E-state index contributed by atoms with van der Waals surface area (Å²) in [4.78, 5) is 26.6. The Morgan fingerprint density at radius 1 is 1.21 bits per heavy atom. The molecule has 144 valence electrons. The summed E-state index contributed by atoms with van der Waals surface area (Å²) in [5.74, 6) is 1.71. The number of nitrogens with one attached hydrogen (secondary N) is 1. The molecule has 8 nitrogen and oxygen atoms in total. The van der Waals surface area contributed by atoms with Crippen LogP contribution in [0.15, 0.2) is 47.1 Å². The molecule has 4 heterocycles. The van der Waals surface area contributed by atoms with Crippen molar-refractivity contribution in [1.29, 1.82) is 0 Å². The van der Waals surface area contributed by atoms with Crippen LogP contribution in [-0.4, -0.2) is 33.9 Å². The fourth-order valence-electron chi connectivity index (χ4n) is 3.26. The average Bonchev–Trinajstić information content (AvgIpc) is 3.19. The number of aryl methyl sites for hydroxylation is 1. The number of aromatic nitrogens is 3. The lowest BCUT2D eigenvalue weighted by molar-refractivity contribution is -0.122. The highest BCUT2D eigenvalue weighted by molar-refractivity contribution is 5.76. The Labute approximate surface area is 162 Å². The fourth-order valence-corrected chi connectivity index (χ4v) is 3.26. The molecule has 0 unspecified atom stereocenters. The highest BCUT2D eigenvalue weighted by Gasteiger charge is 2.25. The van der Waals surface area contributed by atoms with Crippen LogP contribution in [0.5, 0.6) is 0 Å². The number of anilines is 3. The van der Waals surface area contributed by atoms with Crippen molar-refractivity contribution in [2.75, 3.05) is 23.3 Å². The number of amides is 1. The first kappa shape index (κ1) is 18.0. The van der Waals surface area contributed by atoms with Crippen molar-refractivity contribution in [3.63, 3.8) is 0 Å². The SMILES string of the molecule is Cc1ccnc(Nc2cccc(-c3cnc(N4CCC(C(N)=O)CC4)o3)n2)c1. The second-order valence-corrected chi connectivity index (χ2v) is 6.92. The van der Waals surface area contributed by atoms with E-state index in [1.54, 1.807) is 12.4 Å². The number of primary amides is 1. The van der Waals surface area contributed by atoms with Crippen LogP contribution in [0.1, 0.15) is 18.4 Å². The number of rotatable bonds is 5. The van der Waals surface area contributed by atoms with Crippen molar-refractivity contribution in [2.45, 2.75) is 19.8 Å². The Kier molecular flexibility index (Phi) is 4.92. The normalized spacial score (nSPS) is 14.8. The van der Waals surface area contributed by atoms with E-state index in [1.165, 1.54) is 0 Å². The molecule has 0 atom stereocenters. The van der Waals surface area contributed by atoms with Gasteiger partial charge in [0.2, 0.25) is 5.91 Å². The third-order valence-corrected chi connectivity index (χ3v) is 4.83. The molecule has 0 aliphatic carbocycles. The predicted octanol–water partition coefficient (Wildman–Crippen LogP) is 2.89. The van der Waals surface area contributed by atoms with E-state index < -0.39 is 0 Å². The Hall–Kier alpha value is -3.42. The van der Waals surface area contributed by atoms with Crippen LogP contribution in [0.2, 0.25) is 0 Å². The van der Waals surface area contributed by atoms with Gasteiger partial charge in [0.1, 0.15) is 17.3 Å². The lowest BCUT2D eigenvalue weighted by Gasteiger charge is -2.29. The van der Waals surface area contributed by atoms with Crippen LogP contribution in [0, 0.1) is 12.8 Å². The smallest absolute Gasteiger partial charge is 0.297 e.